The van der Waals surface area contributed by atoms with Crippen LogP contribution in [0.4, 0.5) is 0 Å². The summed E-state index contributed by atoms with van der Waals surface area (Å²) in [6.45, 7) is 0. The highest BCUT2D eigenvalue weighted by atomic mass is 16.6. The molecule has 1 aliphatic carbocycles. The van der Waals surface area contributed by atoms with E-state index in [4.69, 9.17) is 9.47 Å². The molecule has 0 atom stereocenters. The number of rotatable bonds is 5. The summed E-state index contributed by atoms with van der Waals surface area (Å²) in [5.41, 5.74) is 0.462. The van der Waals surface area contributed by atoms with Crippen LogP contribution in [0, 0.1) is 5.92 Å². The van der Waals surface area contributed by atoms with Gasteiger partial charge in [0.25, 0.3) is 0 Å². The van der Waals surface area contributed by atoms with Gasteiger partial charge in [-0.05, 0) is 37.0 Å². The van der Waals surface area contributed by atoms with Gasteiger partial charge in [-0.2, -0.15) is 0 Å². The van der Waals surface area contributed by atoms with E-state index < -0.39 is 0 Å². The molecule has 0 unspecified atom stereocenters. The number of carbonyl (C=O) groups is 2. The lowest BCUT2D eigenvalue weighted by atomic mass is 10.0. The van der Waals surface area contributed by atoms with Gasteiger partial charge in [-0.15, -0.1) is 0 Å². The SMILES string of the molecule is COc1ccc(C=O)cc1OC(=O)CC1CCCC1. The van der Waals surface area contributed by atoms with Crippen molar-refractivity contribution in [1.29, 1.82) is 0 Å². The van der Waals surface area contributed by atoms with Crippen LogP contribution in [0.3, 0.4) is 0 Å². The zero-order chi connectivity index (χ0) is 13.7. The molecule has 0 aromatic heterocycles. The molecule has 0 radical (unpaired) electrons. The molecule has 4 heteroatoms. The van der Waals surface area contributed by atoms with E-state index in [1.165, 1.54) is 26.0 Å². The maximum atomic E-state index is 11.9. The summed E-state index contributed by atoms with van der Waals surface area (Å²) in [7, 11) is 1.50. The van der Waals surface area contributed by atoms with Gasteiger partial charge in [0.1, 0.15) is 6.29 Å². The minimum Gasteiger partial charge on any atom is -0.493 e. The van der Waals surface area contributed by atoms with E-state index in [1.807, 2.05) is 0 Å². The summed E-state index contributed by atoms with van der Waals surface area (Å²) in [6.07, 6.45) is 5.74. The molecule has 1 aliphatic rings. The molecule has 1 fully saturated rings. The molecule has 1 saturated carbocycles. The van der Waals surface area contributed by atoms with Crippen LogP contribution in [0.25, 0.3) is 0 Å². The standard InChI is InChI=1S/C15H18O4/c1-18-13-7-6-12(10-16)8-14(13)19-15(17)9-11-4-2-3-5-11/h6-8,10-11H,2-5,9H2,1H3. The number of benzene rings is 1. The molecule has 102 valence electrons. The van der Waals surface area contributed by atoms with Crippen molar-refractivity contribution in [1.82, 2.24) is 0 Å². The van der Waals surface area contributed by atoms with Gasteiger partial charge in [0, 0.05) is 12.0 Å². The minimum atomic E-state index is -0.256. The Morgan fingerprint density at radius 1 is 1.32 bits per heavy atom. The van der Waals surface area contributed by atoms with Gasteiger partial charge in [0.2, 0.25) is 0 Å². The van der Waals surface area contributed by atoms with Crippen molar-refractivity contribution >= 4 is 12.3 Å². The molecule has 0 amide bonds. The van der Waals surface area contributed by atoms with Gasteiger partial charge in [0.15, 0.2) is 11.5 Å². The molecule has 0 N–H and O–H groups in total. The first kappa shape index (κ1) is 13.6. The Morgan fingerprint density at radius 2 is 2.05 bits per heavy atom. The Hall–Kier alpha value is -1.84. The second kappa shape index (κ2) is 6.36. The molecule has 4 nitrogen and oxygen atoms in total. The average Bonchev–Trinajstić information content (AvgIpc) is 2.91. The van der Waals surface area contributed by atoms with Crippen molar-refractivity contribution in [2.75, 3.05) is 7.11 Å². The van der Waals surface area contributed by atoms with Crippen molar-refractivity contribution in [3.05, 3.63) is 23.8 Å². The van der Waals surface area contributed by atoms with Crippen LogP contribution in [-0.2, 0) is 4.79 Å². The lowest BCUT2D eigenvalue weighted by Crippen LogP contribution is -2.13. The largest absolute Gasteiger partial charge is 0.493 e. The van der Waals surface area contributed by atoms with Crippen molar-refractivity contribution < 1.29 is 19.1 Å². The Labute approximate surface area is 112 Å². The maximum absolute atomic E-state index is 11.9. The van der Waals surface area contributed by atoms with Gasteiger partial charge < -0.3 is 9.47 Å². The third-order valence-corrected chi connectivity index (χ3v) is 3.48. The molecule has 2 rings (SSSR count). The molecule has 1 aromatic carbocycles. The smallest absolute Gasteiger partial charge is 0.311 e. The number of hydrogen-bond acceptors (Lipinski definition) is 4. The number of esters is 1. The Morgan fingerprint density at radius 3 is 2.68 bits per heavy atom. The lowest BCUT2D eigenvalue weighted by Gasteiger charge is -2.11. The summed E-state index contributed by atoms with van der Waals surface area (Å²) in [5.74, 6) is 0.960. The van der Waals surface area contributed by atoms with Gasteiger partial charge in [-0.1, -0.05) is 12.8 Å². The maximum Gasteiger partial charge on any atom is 0.311 e. The van der Waals surface area contributed by atoms with Crippen molar-refractivity contribution in [2.45, 2.75) is 32.1 Å². The summed E-state index contributed by atoms with van der Waals surface area (Å²) < 4.78 is 10.4. The molecule has 1 aromatic rings. The fraction of sp³-hybridized carbons (Fsp3) is 0.467. The van der Waals surface area contributed by atoms with Crippen molar-refractivity contribution in [3.63, 3.8) is 0 Å². The monoisotopic (exact) mass is 262 g/mol. The van der Waals surface area contributed by atoms with Crippen LogP contribution < -0.4 is 9.47 Å². The zero-order valence-electron chi connectivity index (χ0n) is 11.1. The summed E-state index contributed by atoms with van der Waals surface area (Å²) in [5, 5.41) is 0. The van der Waals surface area contributed by atoms with Gasteiger partial charge >= 0.3 is 5.97 Å². The van der Waals surface area contributed by atoms with Crippen molar-refractivity contribution in [3.8, 4) is 11.5 Å². The number of aldehydes is 1. The van der Waals surface area contributed by atoms with Crippen molar-refractivity contribution in [2.24, 2.45) is 5.92 Å². The van der Waals surface area contributed by atoms with Gasteiger partial charge in [-0.25, -0.2) is 0 Å². The second-order valence-electron chi connectivity index (χ2n) is 4.86. The van der Waals surface area contributed by atoms with E-state index in [0.29, 0.717) is 35.7 Å². The first-order valence-electron chi connectivity index (χ1n) is 6.57. The fourth-order valence-electron chi connectivity index (χ4n) is 2.46. The first-order valence-corrected chi connectivity index (χ1v) is 6.57. The zero-order valence-corrected chi connectivity index (χ0v) is 11.1. The van der Waals surface area contributed by atoms with Gasteiger partial charge in [0.05, 0.1) is 7.11 Å². The number of ether oxygens (including phenoxy) is 2. The molecule has 0 heterocycles. The molecular formula is C15H18O4. The van der Waals surface area contributed by atoms with Crippen LogP contribution in [-0.4, -0.2) is 19.4 Å². The third-order valence-electron chi connectivity index (χ3n) is 3.48. The number of hydrogen-bond donors (Lipinski definition) is 0. The van der Waals surface area contributed by atoms with E-state index in [0.717, 1.165) is 12.8 Å². The second-order valence-corrected chi connectivity index (χ2v) is 4.86. The van der Waals surface area contributed by atoms with Crippen LogP contribution in [0.15, 0.2) is 18.2 Å². The minimum absolute atomic E-state index is 0.256. The van der Waals surface area contributed by atoms with Crippen LogP contribution in [0.2, 0.25) is 0 Å². The quantitative estimate of drug-likeness (QED) is 0.465. The van der Waals surface area contributed by atoms with E-state index in [1.54, 1.807) is 12.1 Å². The Kier molecular flexibility index (Phi) is 4.55. The normalized spacial score (nSPS) is 15.2. The fourth-order valence-corrected chi connectivity index (χ4v) is 2.46. The molecule has 0 spiro atoms. The van der Waals surface area contributed by atoms with E-state index in [9.17, 15) is 9.59 Å². The summed E-state index contributed by atoms with van der Waals surface area (Å²) in [4.78, 5) is 22.6. The third kappa shape index (κ3) is 3.56. The van der Waals surface area contributed by atoms with Crippen LogP contribution >= 0.6 is 0 Å². The van der Waals surface area contributed by atoms with Gasteiger partial charge in [-0.3, -0.25) is 9.59 Å². The highest BCUT2D eigenvalue weighted by Crippen LogP contribution is 2.31. The molecular weight excluding hydrogens is 244 g/mol. The molecule has 0 aliphatic heterocycles. The highest BCUT2D eigenvalue weighted by molar-refractivity contribution is 5.78. The summed E-state index contributed by atoms with van der Waals surface area (Å²) in [6, 6.07) is 4.78. The Bertz CT molecular complexity index is 461. The van der Waals surface area contributed by atoms with Crippen LogP contribution in [0.1, 0.15) is 42.5 Å². The van der Waals surface area contributed by atoms with E-state index in [2.05, 4.69) is 0 Å². The lowest BCUT2D eigenvalue weighted by molar-refractivity contribution is -0.135. The number of carbonyl (C=O) groups excluding carboxylic acids is 2. The first-order chi connectivity index (χ1) is 9.22. The Balaban J connectivity index is 2.03. The topological polar surface area (TPSA) is 52.6 Å². The van der Waals surface area contributed by atoms with E-state index in [-0.39, 0.29) is 5.97 Å². The average molecular weight is 262 g/mol. The van der Waals surface area contributed by atoms with Crippen LogP contribution in [0.5, 0.6) is 11.5 Å². The predicted octanol–water partition coefficient (Wildman–Crippen LogP) is 2.99. The predicted molar refractivity (Wildman–Crippen MR) is 70.6 cm³/mol. The summed E-state index contributed by atoms with van der Waals surface area (Å²) >= 11 is 0. The molecule has 0 saturated heterocycles. The number of methoxy groups -OCH3 is 1. The molecule has 19 heavy (non-hydrogen) atoms. The highest BCUT2D eigenvalue weighted by Gasteiger charge is 2.20. The molecule has 0 bridgehead atoms. The van der Waals surface area contributed by atoms with E-state index >= 15 is 0 Å².